The lowest BCUT2D eigenvalue weighted by Gasteiger charge is -1.99. The molecule has 0 aliphatic carbocycles. The zero-order chi connectivity index (χ0) is 12.4. The van der Waals surface area contributed by atoms with Gasteiger partial charge in [0.05, 0.1) is 5.02 Å². The molecule has 0 atom stereocenters. The van der Waals surface area contributed by atoms with E-state index in [1.807, 2.05) is 0 Å². The largest absolute Gasteiger partial charge is 0.364 e. The summed E-state index contributed by atoms with van der Waals surface area (Å²) in [4.78, 5) is 10.8. The summed E-state index contributed by atoms with van der Waals surface area (Å²) in [6.07, 6.45) is 0.314. The Bertz CT molecular complexity index is 568. The van der Waals surface area contributed by atoms with E-state index in [1.165, 1.54) is 18.2 Å². The van der Waals surface area contributed by atoms with Gasteiger partial charge in [-0.15, -0.1) is 0 Å². The van der Waals surface area contributed by atoms with Gasteiger partial charge in [0.25, 0.3) is 5.91 Å². The molecule has 0 aliphatic heterocycles. The van der Waals surface area contributed by atoms with Gasteiger partial charge in [-0.05, 0) is 17.7 Å². The number of amides is 1. The molecule has 1 aromatic carbocycles. The minimum absolute atomic E-state index is 0.0504. The van der Waals surface area contributed by atoms with E-state index in [0.717, 1.165) is 0 Å². The van der Waals surface area contributed by atoms with E-state index in [2.05, 4.69) is 5.16 Å². The normalized spacial score (nSPS) is 10.5. The Morgan fingerprint density at radius 2 is 2.24 bits per heavy atom. The van der Waals surface area contributed by atoms with Gasteiger partial charge in [0.1, 0.15) is 11.6 Å². The number of aromatic nitrogens is 1. The Morgan fingerprint density at radius 3 is 2.82 bits per heavy atom. The fourth-order valence-electron chi connectivity index (χ4n) is 1.36. The van der Waals surface area contributed by atoms with Crippen LogP contribution in [0.25, 0.3) is 0 Å². The van der Waals surface area contributed by atoms with Gasteiger partial charge in [-0.25, -0.2) is 4.39 Å². The minimum atomic E-state index is -0.665. The highest BCUT2D eigenvalue weighted by atomic mass is 35.5. The summed E-state index contributed by atoms with van der Waals surface area (Å²) in [6.45, 7) is 0. The highest BCUT2D eigenvalue weighted by molar-refractivity contribution is 6.30. The third kappa shape index (κ3) is 2.62. The molecule has 2 rings (SSSR count). The number of carbonyl (C=O) groups is 1. The summed E-state index contributed by atoms with van der Waals surface area (Å²) < 4.78 is 18.1. The number of rotatable bonds is 3. The molecule has 0 unspecified atom stereocenters. The Labute approximate surface area is 101 Å². The van der Waals surface area contributed by atoms with Crippen molar-refractivity contribution in [2.45, 2.75) is 6.42 Å². The van der Waals surface area contributed by atoms with Crippen molar-refractivity contribution in [3.63, 3.8) is 0 Å². The van der Waals surface area contributed by atoms with Gasteiger partial charge in [-0.2, -0.15) is 0 Å². The van der Waals surface area contributed by atoms with Gasteiger partial charge < -0.3 is 10.3 Å². The van der Waals surface area contributed by atoms with Crippen molar-refractivity contribution in [3.05, 3.63) is 52.1 Å². The maximum Gasteiger partial charge on any atom is 0.270 e. The molecule has 1 aromatic heterocycles. The highest BCUT2D eigenvalue weighted by Crippen LogP contribution is 2.18. The number of nitrogens with two attached hydrogens (primary N) is 1. The van der Waals surface area contributed by atoms with Gasteiger partial charge in [-0.1, -0.05) is 22.8 Å². The molecule has 6 heteroatoms. The minimum Gasteiger partial charge on any atom is -0.364 e. The standard InChI is InChI=1S/C11H8ClFN2O2/c12-8-2-1-6(4-9(8)13)3-7-5-10(11(14)16)15-17-7/h1-2,4-5H,3H2,(H2,14,16). The molecule has 4 nitrogen and oxygen atoms in total. The maximum atomic E-state index is 13.2. The van der Waals surface area contributed by atoms with Crippen LogP contribution in [0.4, 0.5) is 4.39 Å². The molecule has 1 heterocycles. The number of halogens is 2. The topological polar surface area (TPSA) is 69.1 Å². The zero-order valence-corrected chi connectivity index (χ0v) is 9.37. The molecule has 0 saturated carbocycles. The quantitative estimate of drug-likeness (QED) is 0.912. The van der Waals surface area contributed by atoms with E-state index in [1.54, 1.807) is 6.07 Å². The molecule has 0 bridgehead atoms. The summed E-state index contributed by atoms with van der Waals surface area (Å²) in [5.74, 6) is -0.735. The molecule has 0 spiro atoms. The van der Waals surface area contributed by atoms with Gasteiger partial charge in [-0.3, -0.25) is 4.79 Å². The monoisotopic (exact) mass is 254 g/mol. The van der Waals surface area contributed by atoms with Crippen LogP contribution in [0.15, 0.2) is 28.8 Å². The second kappa shape index (κ2) is 4.55. The Balaban J connectivity index is 2.19. The van der Waals surface area contributed by atoms with Crippen LogP contribution in [0.5, 0.6) is 0 Å². The van der Waals surface area contributed by atoms with Crippen molar-refractivity contribution in [1.82, 2.24) is 5.16 Å². The second-order valence-corrected chi connectivity index (χ2v) is 3.88. The molecule has 88 valence electrons. The van der Waals surface area contributed by atoms with E-state index in [-0.39, 0.29) is 10.7 Å². The van der Waals surface area contributed by atoms with Crippen molar-refractivity contribution in [3.8, 4) is 0 Å². The van der Waals surface area contributed by atoms with Gasteiger partial charge in [0.2, 0.25) is 0 Å². The third-order valence-corrected chi connectivity index (χ3v) is 2.48. The summed E-state index contributed by atoms with van der Waals surface area (Å²) >= 11 is 5.56. The first-order valence-electron chi connectivity index (χ1n) is 4.75. The number of hydrogen-bond acceptors (Lipinski definition) is 3. The highest BCUT2D eigenvalue weighted by Gasteiger charge is 2.10. The third-order valence-electron chi connectivity index (χ3n) is 2.17. The van der Waals surface area contributed by atoms with Crippen LogP contribution >= 0.6 is 11.6 Å². The van der Waals surface area contributed by atoms with Gasteiger partial charge in [0.15, 0.2) is 5.69 Å². The van der Waals surface area contributed by atoms with Crippen molar-refractivity contribution in [2.24, 2.45) is 5.73 Å². The molecule has 0 radical (unpaired) electrons. The van der Waals surface area contributed by atoms with Crippen LogP contribution in [-0.2, 0) is 6.42 Å². The lowest BCUT2D eigenvalue weighted by atomic mass is 10.1. The molecular formula is C11H8ClFN2O2. The number of carbonyl (C=O) groups excluding carboxylic acids is 1. The lowest BCUT2D eigenvalue weighted by molar-refractivity contribution is 0.0991. The molecule has 0 aliphatic rings. The van der Waals surface area contributed by atoms with Crippen LogP contribution in [-0.4, -0.2) is 11.1 Å². The van der Waals surface area contributed by atoms with E-state index < -0.39 is 11.7 Å². The SMILES string of the molecule is NC(=O)c1cc(Cc2ccc(Cl)c(F)c2)on1. The van der Waals surface area contributed by atoms with E-state index >= 15 is 0 Å². The van der Waals surface area contributed by atoms with E-state index in [0.29, 0.717) is 17.7 Å². The van der Waals surface area contributed by atoms with E-state index in [9.17, 15) is 9.18 Å². The number of primary amides is 1. The van der Waals surface area contributed by atoms with Crippen molar-refractivity contribution in [2.75, 3.05) is 0 Å². The van der Waals surface area contributed by atoms with Crippen molar-refractivity contribution < 1.29 is 13.7 Å². The average Bonchev–Trinajstić information content (AvgIpc) is 2.72. The first-order chi connectivity index (χ1) is 8.06. The summed E-state index contributed by atoms with van der Waals surface area (Å²) in [6, 6.07) is 5.85. The molecular weight excluding hydrogens is 247 g/mol. The van der Waals surface area contributed by atoms with Gasteiger partial charge in [0, 0.05) is 12.5 Å². The summed E-state index contributed by atoms with van der Waals surface area (Å²) in [7, 11) is 0. The number of benzene rings is 1. The van der Waals surface area contributed by atoms with Crippen molar-refractivity contribution >= 4 is 17.5 Å². The molecule has 1 amide bonds. The molecule has 2 aromatic rings. The summed E-state index contributed by atoms with van der Waals surface area (Å²) in [5.41, 5.74) is 5.74. The molecule has 2 N–H and O–H groups in total. The van der Waals surface area contributed by atoms with Crippen LogP contribution in [0.3, 0.4) is 0 Å². The molecule has 0 saturated heterocycles. The number of hydrogen-bond donors (Lipinski definition) is 1. The lowest BCUT2D eigenvalue weighted by Crippen LogP contribution is -2.10. The Hall–Kier alpha value is -1.88. The van der Waals surface area contributed by atoms with Crippen LogP contribution < -0.4 is 5.73 Å². The molecule has 17 heavy (non-hydrogen) atoms. The number of nitrogens with zero attached hydrogens (tertiary/aromatic N) is 1. The van der Waals surface area contributed by atoms with Crippen LogP contribution in [0, 0.1) is 5.82 Å². The zero-order valence-electron chi connectivity index (χ0n) is 8.61. The smallest absolute Gasteiger partial charge is 0.270 e. The fourth-order valence-corrected chi connectivity index (χ4v) is 1.48. The first-order valence-corrected chi connectivity index (χ1v) is 5.13. The van der Waals surface area contributed by atoms with Gasteiger partial charge >= 0.3 is 0 Å². The fraction of sp³-hybridized carbons (Fsp3) is 0.0909. The predicted octanol–water partition coefficient (Wildman–Crippen LogP) is 2.16. The van der Waals surface area contributed by atoms with E-state index in [4.69, 9.17) is 21.9 Å². The maximum absolute atomic E-state index is 13.2. The Morgan fingerprint density at radius 1 is 1.47 bits per heavy atom. The molecule has 0 fully saturated rings. The summed E-state index contributed by atoms with van der Waals surface area (Å²) in [5, 5.41) is 3.54. The van der Waals surface area contributed by atoms with Crippen molar-refractivity contribution in [1.29, 1.82) is 0 Å². The Kier molecular flexibility index (Phi) is 3.10. The van der Waals surface area contributed by atoms with Crippen LogP contribution in [0.1, 0.15) is 21.8 Å². The second-order valence-electron chi connectivity index (χ2n) is 3.47. The predicted molar refractivity (Wildman–Crippen MR) is 59.2 cm³/mol. The first kappa shape index (κ1) is 11.6. The van der Waals surface area contributed by atoms with Crippen LogP contribution in [0.2, 0.25) is 5.02 Å². The average molecular weight is 255 g/mol.